The molecular weight excluding hydrogens is 206 g/mol. The topological polar surface area (TPSA) is 50.7 Å². The maximum absolute atomic E-state index is 9.46. The molecule has 0 atom stereocenters. The maximum atomic E-state index is 9.46. The van der Waals surface area contributed by atoms with Crippen LogP contribution in [0, 0.1) is 0 Å². The number of rotatable bonds is 8. The Hall–Kier alpha value is -0.160. The van der Waals surface area contributed by atoms with E-state index in [1.807, 2.05) is 0 Å². The Kier molecular flexibility index (Phi) is 6.96. The van der Waals surface area contributed by atoms with Crippen LogP contribution < -0.4 is 5.32 Å². The molecule has 1 rings (SSSR count). The van der Waals surface area contributed by atoms with Crippen molar-refractivity contribution in [2.24, 2.45) is 0 Å². The normalized spacial score (nSPS) is 19.9. The summed E-state index contributed by atoms with van der Waals surface area (Å²) >= 11 is 0. The predicted molar refractivity (Wildman–Crippen MR) is 63.6 cm³/mol. The minimum Gasteiger partial charge on any atom is -0.394 e. The van der Waals surface area contributed by atoms with Crippen molar-refractivity contribution >= 4 is 0 Å². The predicted octanol–water partition coefficient (Wildman–Crippen LogP) is 0.934. The van der Waals surface area contributed by atoms with Crippen LogP contribution in [0.25, 0.3) is 0 Å². The zero-order chi connectivity index (χ0) is 11.7. The summed E-state index contributed by atoms with van der Waals surface area (Å²) in [5.41, 5.74) is -0.0388. The second kappa shape index (κ2) is 8.01. The summed E-state index contributed by atoms with van der Waals surface area (Å²) in [5.74, 6) is 0. The van der Waals surface area contributed by atoms with Crippen LogP contribution in [0.3, 0.4) is 0 Å². The smallest absolute Gasteiger partial charge is 0.0700 e. The summed E-state index contributed by atoms with van der Waals surface area (Å²) in [6.45, 7) is 3.02. The fraction of sp³-hybridized carbons (Fsp3) is 1.00. The number of methoxy groups -OCH3 is 1. The molecule has 16 heavy (non-hydrogen) atoms. The highest BCUT2D eigenvalue weighted by molar-refractivity contribution is 4.89. The van der Waals surface area contributed by atoms with Gasteiger partial charge in [-0.05, 0) is 12.8 Å². The van der Waals surface area contributed by atoms with E-state index >= 15 is 0 Å². The lowest BCUT2D eigenvalue weighted by atomic mass is 9.82. The first-order valence-electron chi connectivity index (χ1n) is 6.25. The Bertz CT molecular complexity index is 170. The first kappa shape index (κ1) is 13.9. The standard InChI is InChI=1S/C12H25NO3/c1-15-9-10-16-8-7-13-12(11-14)5-3-2-4-6-12/h13-14H,2-11H2,1H3. The molecule has 0 amide bonds. The highest BCUT2D eigenvalue weighted by Crippen LogP contribution is 2.27. The lowest BCUT2D eigenvalue weighted by Gasteiger charge is -2.36. The van der Waals surface area contributed by atoms with Crippen LogP contribution in [-0.2, 0) is 9.47 Å². The molecule has 2 N–H and O–H groups in total. The summed E-state index contributed by atoms with van der Waals surface area (Å²) < 4.78 is 10.3. The van der Waals surface area contributed by atoms with Crippen LogP contribution >= 0.6 is 0 Å². The van der Waals surface area contributed by atoms with E-state index in [4.69, 9.17) is 9.47 Å². The quantitative estimate of drug-likeness (QED) is 0.610. The molecule has 0 aliphatic heterocycles. The Balaban J connectivity index is 2.08. The first-order valence-corrected chi connectivity index (χ1v) is 6.25. The fourth-order valence-corrected chi connectivity index (χ4v) is 2.25. The lowest BCUT2D eigenvalue weighted by molar-refractivity contribution is 0.0603. The van der Waals surface area contributed by atoms with E-state index in [1.54, 1.807) is 7.11 Å². The van der Waals surface area contributed by atoms with Gasteiger partial charge in [0, 0.05) is 19.2 Å². The molecule has 4 nitrogen and oxygen atoms in total. The minimum atomic E-state index is -0.0388. The second-order valence-electron chi connectivity index (χ2n) is 4.53. The molecule has 0 aromatic heterocycles. The Morgan fingerprint density at radius 3 is 2.50 bits per heavy atom. The van der Waals surface area contributed by atoms with Gasteiger partial charge in [-0.15, -0.1) is 0 Å². The Morgan fingerprint density at radius 2 is 1.88 bits per heavy atom. The van der Waals surface area contributed by atoms with Crippen LogP contribution in [-0.4, -0.2) is 50.7 Å². The van der Waals surface area contributed by atoms with Gasteiger partial charge in [0.2, 0.25) is 0 Å². The second-order valence-corrected chi connectivity index (χ2v) is 4.53. The molecule has 0 unspecified atom stereocenters. The molecule has 1 fully saturated rings. The van der Waals surface area contributed by atoms with E-state index in [0.29, 0.717) is 19.8 Å². The van der Waals surface area contributed by atoms with Gasteiger partial charge < -0.3 is 19.9 Å². The van der Waals surface area contributed by atoms with Crippen LogP contribution in [0.5, 0.6) is 0 Å². The maximum Gasteiger partial charge on any atom is 0.0700 e. The summed E-state index contributed by atoms with van der Waals surface area (Å²) in [7, 11) is 1.67. The molecule has 0 aromatic carbocycles. The van der Waals surface area contributed by atoms with Crippen LogP contribution in [0.15, 0.2) is 0 Å². The van der Waals surface area contributed by atoms with Gasteiger partial charge in [-0.25, -0.2) is 0 Å². The fourth-order valence-electron chi connectivity index (χ4n) is 2.25. The first-order chi connectivity index (χ1) is 7.83. The number of hydrogen-bond donors (Lipinski definition) is 2. The Labute approximate surface area is 98.3 Å². The van der Waals surface area contributed by atoms with Crippen molar-refractivity contribution in [2.45, 2.75) is 37.6 Å². The summed E-state index contributed by atoms with van der Waals surface area (Å²) in [5, 5.41) is 12.9. The molecular formula is C12H25NO3. The minimum absolute atomic E-state index is 0.0388. The summed E-state index contributed by atoms with van der Waals surface area (Å²) in [6.07, 6.45) is 5.91. The summed E-state index contributed by atoms with van der Waals surface area (Å²) in [4.78, 5) is 0. The molecule has 0 bridgehead atoms. The van der Waals surface area contributed by atoms with Gasteiger partial charge in [-0.1, -0.05) is 19.3 Å². The van der Waals surface area contributed by atoms with E-state index in [1.165, 1.54) is 19.3 Å². The van der Waals surface area contributed by atoms with Gasteiger partial charge >= 0.3 is 0 Å². The van der Waals surface area contributed by atoms with Crippen molar-refractivity contribution in [3.8, 4) is 0 Å². The number of nitrogens with one attached hydrogen (secondary N) is 1. The number of ether oxygens (including phenoxy) is 2. The molecule has 0 heterocycles. The lowest BCUT2D eigenvalue weighted by Crippen LogP contribution is -2.50. The average Bonchev–Trinajstić information content (AvgIpc) is 2.35. The third-order valence-electron chi connectivity index (χ3n) is 3.29. The number of hydrogen-bond acceptors (Lipinski definition) is 4. The largest absolute Gasteiger partial charge is 0.394 e. The van der Waals surface area contributed by atoms with Crippen molar-refractivity contribution in [2.75, 3.05) is 40.1 Å². The van der Waals surface area contributed by atoms with Crippen molar-refractivity contribution in [1.82, 2.24) is 5.32 Å². The molecule has 0 aromatic rings. The SMILES string of the molecule is COCCOCCNC1(CO)CCCCC1. The highest BCUT2D eigenvalue weighted by Gasteiger charge is 2.30. The van der Waals surface area contributed by atoms with E-state index < -0.39 is 0 Å². The third kappa shape index (κ3) is 4.78. The molecule has 0 radical (unpaired) electrons. The van der Waals surface area contributed by atoms with E-state index in [9.17, 15) is 5.11 Å². The molecule has 1 saturated carbocycles. The van der Waals surface area contributed by atoms with E-state index in [0.717, 1.165) is 19.4 Å². The monoisotopic (exact) mass is 231 g/mol. The average molecular weight is 231 g/mol. The van der Waals surface area contributed by atoms with Gasteiger partial charge in [0.05, 0.1) is 26.4 Å². The number of aliphatic hydroxyl groups excluding tert-OH is 1. The van der Waals surface area contributed by atoms with Gasteiger partial charge in [0.15, 0.2) is 0 Å². The van der Waals surface area contributed by atoms with Gasteiger partial charge in [-0.2, -0.15) is 0 Å². The molecule has 1 aliphatic carbocycles. The Morgan fingerprint density at radius 1 is 1.12 bits per heavy atom. The number of aliphatic hydroxyl groups is 1. The van der Waals surface area contributed by atoms with E-state index in [-0.39, 0.29) is 12.1 Å². The molecule has 1 aliphatic rings. The van der Waals surface area contributed by atoms with E-state index in [2.05, 4.69) is 5.32 Å². The zero-order valence-corrected chi connectivity index (χ0v) is 10.3. The van der Waals surface area contributed by atoms with Crippen molar-refractivity contribution < 1.29 is 14.6 Å². The molecule has 96 valence electrons. The zero-order valence-electron chi connectivity index (χ0n) is 10.3. The van der Waals surface area contributed by atoms with Crippen molar-refractivity contribution in [1.29, 1.82) is 0 Å². The van der Waals surface area contributed by atoms with Gasteiger partial charge in [0.1, 0.15) is 0 Å². The van der Waals surface area contributed by atoms with Crippen molar-refractivity contribution in [3.63, 3.8) is 0 Å². The molecule has 0 spiro atoms. The summed E-state index contributed by atoms with van der Waals surface area (Å²) in [6, 6.07) is 0. The van der Waals surface area contributed by atoms with Crippen LogP contribution in [0.1, 0.15) is 32.1 Å². The van der Waals surface area contributed by atoms with Crippen LogP contribution in [0.4, 0.5) is 0 Å². The molecule has 4 heteroatoms. The molecule has 0 saturated heterocycles. The third-order valence-corrected chi connectivity index (χ3v) is 3.29. The van der Waals surface area contributed by atoms with Gasteiger partial charge in [0.25, 0.3) is 0 Å². The highest BCUT2D eigenvalue weighted by atomic mass is 16.5. The van der Waals surface area contributed by atoms with Gasteiger partial charge in [-0.3, -0.25) is 0 Å². The van der Waals surface area contributed by atoms with Crippen molar-refractivity contribution in [3.05, 3.63) is 0 Å². The van der Waals surface area contributed by atoms with Crippen LogP contribution in [0.2, 0.25) is 0 Å².